The number of pyridine rings is 1. The van der Waals surface area contributed by atoms with Gasteiger partial charge in [0.25, 0.3) is 0 Å². The molecule has 8 nitrogen and oxygen atoms in total. The number of ether oxygens (including phenoxy) is 1. The number of fused-ring (bicyclic) bond motifs is 3. The Morgan fingerprint density at radius 3 is 2.71 bits per heavy atom. The number of halogens is 2. The van der Waals surface area contributed by atoms with Gasteiger partial charge in [-0.05, 0) is 29.7 Å². The monoisotopic (exact) mass is 469 g/mol. The first-order valence-electron chi connectivity index (χ1n) is 10.6. The standard InChI is InChI=1S/C24H21F2N3O5/c25-24(26)34-19-7-6-17(22-18-9-10-27-13-20(18)33-23(19)22)16(14-29(31)32)12-21(30)28-11-8-15-4-2-1-3-5-15/h1-7,9-10,13,16,24H,8,11-12,14H2,(H,28,30). The van der Waals surface area contributed by atoms with Gasteiger partial charge in [-0.15, -0.1) is 0 Å². The molecule has 1 unspecified atom stereocenters. The fraction of sp³-hybridized carbons (Fsp3) is 0.250. The number of carbonyl (C=O) groups is 1. The van der Waals surface area contributed by atoms with Crippen molar-refractivity contribution in [2.24, 2.45) is 0 Å². The number of alkyl halides is 2. The van der Waals surface area contributed by atoms with Gasteiger partial charge >= 0.3 is 6.61 Å². The lowest BCUT2D eigenvalue weighted by Crippen LogP contribution is -2.29. The Kier molecular flexibility index (Phi) is 6.95. The highest BCUT2D eigenvalue weighted by atomic mass is 19.3. The van der Waals surface area contributed by atoms with E-state index in [1.165, 1.54) is 24.5 Å². The summed E-state index contributed by atoms with van der Waals surface area (Å²) < 4.78 is 36.2. The van der Waals surface area contributed by atoms with Gasteiger partial charge in [-0.3, -0.25) is 19.9 Å². The van der Waals surface area contributed by atoms with Crippen LogP contribution in [0.1, 0.15) is 23.5 Å². The van der Waals surface area contributed by atoms with Crippen molar-refractivity contribution in [3.8, 4) is 5.75 Å². The first kappa shape index (κ1) is 23.1. The molecule has 1 amide bonds. The summed E-state index contributed by atoms with van der Waals surface area (Å²) in [6, 6.07) is 14.0. The van der Waals surface area contributed by atoms with Gasteiger partial charge in [0, 0.05) is 34.9 Å². The predicted octanol–water partition coefficient (Wildman–Crippen LogP) is 4.69. The molecule has 0 spiro atoms. The topological polar surface area (TPSA) is 108 Å². The molecule has 176 valence electrons. The summed E-state index contributed by atoms with van der Waals surface area (Å²) in [5.74, 6) is -1.36. The molecule has 2 aromatic heterocycles. The minimum absolute atomic E-state index is 0.0265. The maximum absolute atomic E-state index is 12.9. The number of hydrogen-bond donors (Lipinski definition) is 1. The van der Waals surface area contributed by atoms with E-state index < -0.39 is 24.0 Å². The number of carbonyl (C=O) groups excluding carboxylic acids is 1. The lowest BCUT2D eigenvalue weighted by Gasteiger charge is -2.16. The second kappa shape index (κ2) is 10.2. The van der Waals surface area contributed by atoms with Gasteiger partial charge in [0.15, 0.2) is 16.9 Å². The Labute approximate surface area is 192 Å². The molecule has 0 saturated heterocycles. The molecule has 2 aromatic carbocycles. The minimum Gasteiger partial charge on any atom is -0.451 e. The van der Waals surface area contributed by atoms with E-state index in [0.29, 0.717) is 34.9 Å². The van der Waals surface area contributed by atoms with Crippen LogP contribution >= 0.6 is 0 Å². The summed E-state index contributed by atoms with van der Waals surface area (Å²) in [5.41, 5.74) is 1.84. The van der Waals surface area contributed by atoms with Crippen LogP contribution < -0.4 is 10.1 Å². The van der Waals surface area contributed by atoms with Gasteiger partial charge in [-0.1, -0.05) is 36.4 Å². The second-order valence-electron chi connectivity index (χ2n) is 7.71. The number of furan rings is 1. The zero-order chi connectivity index (χ0) is 24.1. The maximum atomic E-state index is 12.9. The van der Waals surface area contributed by atoms with E-state index >= 15 is 0 Å². The van der Waals surface area contributed by atoms with E-state index in [1.54, 1.807) is 6.07 Å². The molecule has 0 bridgehead atoms. The van der Waals surface area contributed by atoms with E-state index in [0.717, 1.165) is 5.56 Å². The largest absolute Gasteiger partial charge is 0.451 e. The van der Waals surface area contributed by atoms with Crippen LogP contribution in [0.25, 0.3) is 21.9 Å². The van der Waals surface area contributed by atoms with Crippen LogP contribution in [0.5, 0.6) is 5.75 Å². The average molecular weight is 469 g/mol. The number of nitrogens with zero attached hydrogens (tertiary/aromatic N) is 2. The van der Waals surface area contributed by atoms with Crippen molar-refractivity contribution in [2.45, 2.75) is 25.4 Å². The van der Waals surface area contributed by atoms with Crippen LogP contribution in [-0.2, 0) is 11.2 Å². The van der Waals surface area contributed by atoms with Crippen molar-refractivity contribution >= 4 is 27.8 Å². The summed E-state index contributed by atoms with van der Waals surface area (Å²) >= 11 is 0. The van der Waals surface area contributed by atoms with Crippen LogP contribution in [0, 0.1) is 10.1 Å². The molecule has 4 rings (SSSR count). The van der Waals surface area contributed by atoms with E-state index in [2.05, 4.69) is 15.0 Å². The summed E-state index contributed by atoms with van der Waals surface area (Å²) in [6.45, 7) is -3.22. The first-order valence-corrected chi connectivity index (χ1v) is 10.6. The lowest BCUT2D eigenvalue weighted by molar-refractivity contribution is -0.483. The third-order valence-corrected chi connectivity index (χ3v) is 5.46. The van der Waals surface area contributed by atoms with Crippen molar-refractivity contribution in [1.82, 2.24) is 10.3 Å². The van der Waals surface area contributed by atoms with Gasteiger partial charge in [0.2, 0.25) is 12.5 Å². The average Bonchev–Trinajstić information content (AvgIpc) is 3.19. The quantitative estimate of drug-likeness (QED) is 0.267. The third kappa shape index (κ3) is 5.28. The number of benzene rings is 2. The van der Waals surface area contributed by atoms with Gasteiger partial charge in [0.1, 0.15) is 0 Å². The minimum atomic E-state index is -3.08. The summed E-state index contributed by atoms with van der Waals surface area (Å²) in [4.78, 5) is 27.6. The second-order valence-corrected chi connectivity index (χ2v) is 7.71. The molecule has 4 aromatic rings. The number of nitro groups is 1. The van der Waals surface area contributed by atoms with Crippen LogP contribution in [0.15, 0.2) is 65.3 Å². The molecule has 0 fully saturated rings. The van der Waals surface area contributed by atoms with Crippen molar-refractivity contribution in [2.75, 3.05) is 13.1 Å². The molecule has 0 aliphatic carbocycles. The number of amides is 1. The van der Waals surface area contributed by atoms with Crippen molar-refractivity contribution in [1.29, 1.82) is 0 Å². The highest BCUT2D eigenvalue weighted by molar-refractivity contribution is 6.08. The van der Waals surface area contributed by atoms with Crippen LogP contribution in [-0.4, -0.2) is 35.5 Å². The van der Waals surface area contributed by atoms with Gasteiger partial charge in [-0.2, -0.15) is 8.78 Å². The maximum Gasteiger partial charge on any atom is 0.387 e. The number of rotatable bonds is 10. The van der Waals surface area contributed by atoms with Gasteiger partial charge in [0.05, 0.1) is 12.1 Å². The van der Waals surface area contributed by atoms with E-state index in [-0.39, 0.29) is 23.7 Å². The SMILES string of the molecule is O=C(CC(C[N+](=O)[O-])c1ccc(OC(F)F)c2oc3cnccc3c12)NCCc1ccccc1. The molecule has 10 heteroatoms. The Hall–Kier alpha value is -4.08. The zero-order valence-corrected chi connectivity index (χ0v) is 17.9. The predicted molar refractivity (Wildman–Crippen MR) is 121 cm³/mol. The summed E-state index contributed by atoms with van der Waals surface area (Å²) in [5, 5.41) is 15.2. The van der Waals surface area contributed by atoms with Crippen molar-refractivity contribution in [3.63, 3.8) is 0 Å². The van der Waals surface area contributed by atoms with E-state index in [9.17, 15) is 23.7 Å². The molecule has 1 N–H and O–H groups in total. The number of aromatic nitrogens is 1. The van der Waals surface area contributed by atoms with Crippen LogP contribution in [0.4, 0.5) is 8.78 Å². The highest BCUT2D eigenvalue weighted by Gasteiger charge is 2.27. The van der Waals surface area contributed by atoms with E-state index in [1.807, 2.05) is 30.3 Å². The Morgan fingerprint density at radius 1 is 1.18 bits per heavy atom. The number of nitrogens with one attached hydrogen (secondary N) is 1. The molecular weight excluding hydrogens is 448 g/mol. The zero-order valence-electron chi connectivity index (χ0n) is 17.9. The molecule has 1 atom stereocenters. The molecular formula is C24H21F2N3O5. The molecule has 34 heavy (non-hydrogen) atoms. The fourth-order valence-corrected chi connectivity index (χ4v) is 4.00. The smallest absolute Gasteiger partial charge is 0.387 e. The van der Waals surface area contributed by atoms with Crippen molar-refractivity contribution < 1.29 is 27.7 Å². The summed E-state index contributed by atoms with van der Waals surface area (Å²) in [6.07, 6.45) is 3.39. The Balaban J connectivity index is 1.64. The normalized spacial score (nSPS) is 12.2. The molecule has 0 aliphatic rings. The fourth-order valence-electron chi connectivity index (χ4n) is 4.00. The van der Waals surface area contributed by atoms with Gasteiger partial charge < -0.3 is 14.5 Å². The van der Waals surface area contributed by atoms with Crippen LogP contribution in [0.2, 0.25) is 0 Å². The first-order chi connectivity index (χ1) is 16.4. The molecule has 2 heterocycles. The van der Waals surface area contributed by atoms with E-state index in [4.69, 9.17) is 4.42 Å². The van der Waals surface area contributed by atoms with Crippen molar-refractivity contribution in [3.05, 3.63) is 82.2 Å². The lowest BCUT2D eigenvalue weighted by atomic mass is 9.91. The van der Waals surface area contributed by atoms with Gasteiger partial charge in [-0.25, -0.2) is 0 Å². The molecule has 0 aliphatic heterocycles. The summed E-state index contributed by atoms with van der Waals surface area (Å²) in [7, 11) is 0. The Morgan fingerprint density at radius 2 is 1.97 bits per heavy atom. The number of hydrogen-bond acceptors (Lipinski definition) is 6. The third-order valence-electron chi connectivity index (χ3n) is 5.46. The highest BCUT2D eigenvalue weighted by Crippen LogP contribution is 2.40. The van der Waals surface area contributed by atoms with Crippen LogP contribution in [0.3, 0.4) is 0 Å². The molecule has 0 saturated carbocycles. The molecule has 0 radical (unpaired) electrons. The Bertz CT molecular complexity index is 1310.